The zero-order valence-corrected chi connectivity index (χ0v) is 15.4. The molecule has 0 saturated heterocycles. The van der Waals surface area contributed by atoms with Crippen molar-refractivity contribution in [3.63, 3.8) is 0 Å². The van der Waals surface area contributed by atoms with Crippen LogP contribution < -0.4 is 22.1 Å². The van der Waals surface area contributed by atoms with Gasteiger partial charge in [-0.3, -0.25) is 0 Å². The second-order valence-electron chi connectivity index (χ2n) is 6.92. The molecule has 5 N–H and O–H groups in total. The molecule has 8 nitrogen and oxygen atoms in total. The van der Waals surface area contributed by atoms with E-state index in [0.717, 1.165) is 36.3 Å². The lowest BCUT2D eigenvalue weighted by atomic mass is 10.0. The number of benzene rings is 2. The van der Waals surface area contributed by atoms with Gasteiger partial charge in [-0.25, -0.2) is 18.7 Å². The highest BCUT2D eigenvalue weighted by Gasteiger charge is 2.15. The molecule has 0 bridgehead atoms. The molecule has 1 aliphatic rings. The summed E-state index contributed by atoms with van der Waals surface area (Å²) in [4.78, 5) is 24.0. The van der Waals surface area contributed by atoms with Crippen LogP contribution in [0.1, 0.15) is 12.0 Å². The number of rotatable bonds is 3. The number of anilines is 4. The van der Waals surface area contributed by atoms with E-state index < -0.39 is 5.82 Å². The predicted molar refractivity (Wildman–Crippen MR) is 110 cm³/mol. The molecule has 0 fully saturated rings. The van der Waals surface area contributed by atoms with Crippen LogP contribution >= 0.6 is 0 Å². The number of hydrogen-bond donors (Lipinski definition) is 4. The molecule has 1 aliphatic heterocycles. The number of hydrogen-bond acceptors (Lipinski definition) is 6. The molecule has 4 aromatic rings. The summed E-state index contributed by atoms with van der Waals surface area (Å²) in [5.74, 6) is -0.217. The van der Waals surface area contributed by atoms with Crippen molar-refractivity contribution >= 4 is 34.2 Å². The third-order valence-corrected chi connectivity index (χ3v) is 4.97. The minimum absolute atomic E-state index is 0.210. The Labute approximate surface area is 164 Å². The molecule has 0 saturated carbocycles. The van der Waals surface area contributed by atoms with Gasteiger partial charge in [0.25, 0.3) is 0 Å². The zero-order valence-electron chi connectivity index (χ0n) is 15.4. The van der Waals surface area contributed by atoms with Crippen molar-refractivity contribution in [2.75, 3.05) is 22.9 Å². The number of H-pyrrole nitrogens is 1. The Morgan fingerprint density at radius 1 is 1.21 bits per heavy atom. The van der Waals surface area contributed by atoms with Crippen LogP contribution in [0.2, 0.25) is 0 Å². The van der Waals surface area contributed by atoms with Gasteiger partial charge in [-0.15, -0.1) is 0 Å². The number of nitrogens with two attached hydrogens (primary N) is 1. The first kappa shape index (κ1) is 17.2. The van der Waals surface area contributed by atoms with E-state index >= 15 is 0 Å². The summed E-state index contributed by atoms with van der Waals surface area (Å²) in [5.41, 5.74) is 10.2. The van der Waals surface area contributed by atoms with Crippen LogP contribution in [-0.2, 0) is 6.42 Å². The average Bonchev–Trinajstić information content (AvgIpc) is 3.05. The van der Waals surface area contributed by atoms with Gasteiger partial charge in [0, 0.05) is 12.2 Å². The Morgan fingerprint density at radius 2 is 2.10 bits per heavy atom. The van der Waals surface area contributed by atoms with E-state index in [1.165, 1.54) is 29.0 Å². The van der Waals surface area contributed by atoms with Crippen molar-refractivity contribution in [3.8, 4) is 5.69 Å². The molecule has 146 valence electrons. The maximum Gasteiger partial charge on any atom is 0.332 e. The predicted octanol–water partition coefficient (Wildman–Crippen LogP) is 2.93. The molecular weight excluding hydrogens is 373 g/mol. The highest BCUT2D eigenvalue weighted by Crippen LogP contribution is 2.26. The topological polar surface area (TPSA) is 114 Å². The second-order valence-corrected chi connectivity index (χ2v) is 6.92. The van der Waals surface area contributed by atoms with Gasteiger partial charge in [-0.2, -0.15) is 4.98 Å². The summed E-state index contributed by atoms with van der Waals surface area (Å²) in [6.45, 7) is 0.949. The number of nitrogens with one attached hydrogen (secondary N) is 3. The normalized spacial score (nSPS) is 13.1. The third kappa shape index (κ3) is 3.06. The summed E-state index contributed by atoms with van der Waals surface area (Å²) in [7, 11) is 0. The number of aromatic nitrogens is 4. The summed E-state index contributed by atoms with van der Waals surface area (Å²) < 4.78 is 15.0. The van der Waals surface area contributed by atoms with Crippen LogP contribution in [0.15, 0.2) is 47.4 Å². The van der Waals surface area contributed by atoms with E-state index in [9.17, 15) is 9.18 Å². The maximum atomic E-state index is 13.5. The number of imidazole rings is 1. The first-order valence-electron chi connectivity index (χ1n) is 9.25. The molecule has 5 rings (SSSR count). The summed E-state index contributed by atoms with van der Waals surface area (Å²) >= 11 is 0. The summed E-state index contributed by atoms with van der Waals surface area (Å²) in [6.07, 6.45) is 3.51. The van der Waals surface area contributed by atoms with Gasteiger partial charge < -0.3 is 21.4 Å². The molecule has 2 aromatic heterocycles. The number of nitrogens with zero attached hydrogens (tertiary/aromatic N) is 3. The number of halogens is 1. The van der Waals surface area contributed by atoms with E-state index in [-0.39, 0.29) is 11.6 Å². The quantitative estimate of drug-likeness (QED) is 0.399. The first-order chi connectivity index (χ1) is 14.1. The molecule has 9 heteroatoms. The van der Waals surface area contributed by atoms with Crippen LogP contribution in [0, 0.1) is 5.82 Å². The zero-order chi connectivity index (χ0) is 20.0. The van der Waals surface area contributed by atoms with Gasteiger partial charge in [-0.05, 0) is 54.8 Å². The van der Waals surface area contributed by atoms with E-state index in [1.54, 1.807) is 0 Å². The third-order valence-electron chi connectivity index (χ3n) is 4.97. The molecule has 0 aliphatic carbocycles. The second kappa shape index (κ2) is 6.62. The molecular formula is C20H18FN7O. The van der Waals surface area contributed by atoms with Crippen molar-refractivity contribution in [2.45, 2.75) is 12.8 Å². The number of aryl methyl sites for hydroxylation is 1. The van der Waals surface area contributed by atoms with Gasteiger partial charge >= 0.3 is 5.69 Å². The Bertz CT molecular complexity index is 1290. The van der Waals surface area contributed by atoms with Crippen molar-refractivity contribution in [1.29, 1.82) is 0 Å². The number of aromatic amines is 1. The number of nitrogen functional groups attached to an aromatic ring is 1. The minimum Gasteiger partial charge on any atom is -0.397 e. The van der Waals surface area contributed by atoms with Crippen LogP contribution in [0.25, 0.3) is 16.9 Å². The van der Waals surface area contributed by atoms with Gasteiger partial charge in [0.15, 0.2) is 5.65 Å². The fraction of sp³-hybridized carbons (Fsp3) is 0.150. The standard InChI is InChI=1S/C20H18FN7O/c21-12-3-5-14(22)16(9-12)25-19-24-10-17-18(27-19)28(20(29)26-17)13-4-6-15-11(8-13)2-1-7-23-15/h3-6,8-10,23H,1-2,7,22H2,(H,26,29)(H,24,25,27). The smallest absolute Gasteiger partial charge is 0.332 e. The SMILES string of the molecule is Nc1ccc(F)cc1Nc1ncc2[nH]c(=O)n(-c3ccc4c(c3)CCCN4)c2n1. The lowest BCUT2D eigenvalue weighted by Crippen LogP contribution is -2.17. The maximum absolute atomic E-state index is 13.5. The number of fused-ring (bicyclic) bond motifs is 2. The van der Waals surface area contributed by atoms with Crippen molar-refractivity contribution < 1.29 is 4.39 Å². The minimum atomic E-state index is -0.427. The summed E-state index contributed by atoms with van der Waals surface area (Å²) in [5, 5.41) is 6.28. The molecule has 3 heterocycles. The van der Waals surface area contributed by atoms with Crippen LogP contribution in [0.3, 0.4) is 0 Å². The highest BCUT2D eigenvalue weighted by molar-refractivity contribution is 5.76. The van der Waals surface area contributed by atoms with Crippen molar-refractivity contribution in [2.24, 2.45) is 0 Å². The van der Waals surface area contributed by atoms with Gasteiger partial charge in [0.2, 0.25) is 5.95 Å². The molecule has 0 unspecified atom stereocenters. The molecule has 0 atom stereocenters. The molecule has 0 radical (unpaired) electrons. The Morgan fingerprint density at radius 3 is 3.00 bits per heavy atom. The Balaban J connectivity index is 1.59. The van der Waals surface area contributed by atoms with Gasteiger partial charge in [0.1, 0.15) is 11.3 Å². The highest BCUT2D eigenvalue weighted by atomic mass is 19.1. The van der Waals surface area contributed by atoms with Gasteiger partial charge in [0.05, 0.1) is 23.3 Å². The Kier molecular flexibility index (Phi) is 3.94. The molecule has 0 amide bonds. The van der Waals surface area contributed by atoms with Crippen molar-refractivity contribution in [3.05, 3.63) is 64.5 Å². The first-order valence-corrected chi connectivity index (χ1v) is 9.25. The van der Waals surface area contributed by atoms with Gasteiger partial charge in [-0.1, -0.05) is 0 Å². The summed E-state index contributed by atoms with van der Waals surface area (Å²) in [6, 6.07) is 9.86. The van der Waals surface area contributed by atoms with Crippen LogP contribution in [-0.4, -0.2) is 26.1 Å². The fourth-order valence-corrected chi connectivity index (χ4v) is 3.56. The van der Waals surface area contributed by atoms with E-state index in [0.29, 0.717) is 22.5 Å². The van der Waals surface area contributed by atoms with Crippen LogP contribution in [0.5, 0.6) is 0 Å². The van der Waals surface area contributed by atoms with E-state index in [4.69, 9.17) is 5.73 Å². The lowest BCUT2D eigenvalue weighted by molar-refractivity contribution is 0.628. The Hall–Kier alpha value is -3.88. The van der Waals surface area contributed by atoms with E-state index in [1.807, 2.05) is 18.2 Å². The average molecular weight is 391 g/mol. The fourth-order valence-electron chi connectivity index (χ4n) is 3.56. The van der Waals surface area contributed by atoms with E-state index in [2.05, 4.69) is 25.6 Å². The largest absolute Gasteiger partial charge is 0.397 e. The lowest BCUT2D eigenvalue weighted by Gasteiger charge is -2.18. The van der Waals surface area contributed by atoms with Crippen molar-refractivity contribution in [1.82, 2.24) is 19.5 Å². The molecule has 2 aromatic carbocycles. The monoisotopic (exact) mass is 391 g/mol. The van der Waals surface area contributed by atoms with Crippen LogP contribution in [0.4, 0.5) is 27.4 Å². The molecule has 29 heavy (non-hydrogen) atoms. The molecule has 0 spiro atoms.